The molecule has 0 N–H and O–H groups in total. The van der Waals surface area contributed by atoms with Gasteiger partial charge in [-0.2, -0.15) is 0 Å². The molecular formula is C19H15N5O3S. The highest BCUT2D eigenvalue weighted by molar-refractivity contribution is 7.98. The average molecular weight is 393 g/mol. The number of non-ortho nitro benzene ring substituents is 1. The molecule has 0 saturated carbocycles. The minimum absolute atomic E-state index is 0.0761. The lowest BCUT2D eigenvalue weighted by atomic mass is 10.2. The van der Waals surface area contributed by atoms with E-state index < -0.39 is 4.92 Å². The second-order valence-electron chi connectivity index (χ2n) is 5.90. The highest BCUT2D eigenvalue weighted by Gasteiger charge is 2.17. The standard InChI is InChI=1S/C19H15N5O3S/c25-24(26)15-8-6-14(7-9-15)13-28-19-22-21-18(17-5-1-2-10-20-17)23(19)12-16-4-3-11-27-16/h1-11H,12-13H2. The van der Waals surface area contributed by atoms with E-state index in [4.69, 9.17) is 4.42 Å². The van der Waals surface area contributed by atoms with Crippen molar-refractivity contribution in [3.8, 4) is 11.5 Å². The third kappa shape index (κ3) is 3.94. The molecule has 0 radical (unpaired) electrons. The van der Waals surface area contributed by atoms with Crippen molar-refractivity contribution in [1.29, 1.82) is 0 Å². The Morgan fingerprint density at radius 1 is 1.07 bits per heavy atom. The topological polar surface area (TPSA) is 99.9 Å². The van der Waals surface area contributed by atoms with Crippen LogP contribution in [0.15, 0.2) is 76.6 Å². The van der Waals surface area contributed by atoms with Gasteiger partial charge < -0.3 is 4.42 Å². The summed E-state index contributed by atoms with van der Waals surface area (Å²) in [5.74, 6) is 2.05. The maximum absolute atomic E-state index is 10.8. The summed E-state index contributed by atoms with van der Waals surface area (Å²) in [6.07, 6.45) is 3.34. The van der Waals surface area contributed by atoms with Gasteiger partial charge in [-0.05, 0) is 29.8 Å². The minimum atomic E-state index is -0.407. The fourth-order valence-corrected chi connectivity index (χ4v) is 3.54. The molecule has 0 aliphatic rings. The van der Waals surface area contributed by atoms with Crippen LogP contribution in [0.2, 0.25) is 0 Å². The summed E-state index contributed by atoms with van der Waals surface area (Å²) in [7, 11) is 0. The first-order valence-corrected chi connectivity index (χ1v) is 9.42. The number of rotatable bonds is 7. The molecule has 4 aromatic rings. The van der Waals surface area contributed by atoms with E-state index in [2.05, 4.69) is 15.2 Å². The number of hydrogen-bond donors (Lipinski definition) is 0. The van der Waals surface area contributed by atoms with Crippen molar-refractivity contribution in [2.24, 2.45) is 0 Å². The molecule has 0 aliphatic heterocycles. The lowest BCUT2D eigenvalue weighted by molar-refractivity contribution is -0.384. The summed E-state index contributed by atoms with van der Waals surface area (Å²) in [5.41, 5.74) is 1.76. The summed E-state index contributed by atoms with van der Waals surface area (Å²) in [4.78, 5) is 14.8. The number of aromatic nitrogens is 4. The summed E-state index contributed by atoms with van der Waals surface area (Å²) in [6.45, 7) is 0.481. The largest absolute Gasteiger partial charge is 0.467 e. The van der Waals surface area contributed by atoms with Crippen LogP contribution < -0.4 is 0 Å². The van der Waals surface area contributed by atoms with Gasteiger partial charge in [0.15, 0.2) is 11.0 Å². The van der Waals surface area contributed by atoms with Crippen molar-refractivity contribution in [3.05, 3.63) is 88.5 Å². The summed E-state index contributed by atoms with van der Waals surface area (Å²) >= 11 is 1.50. The van der Waals surface area contributed by atoms with Gasteiger partial charge in [0.25, 0.3) is 5.69 Å². The van der Waals surface area contributed by atoms with Crippen molar-refractivity contribution in [3.63, 3.8) is 0 Å². The van der Waals surface area contributed by atoms with E-state index in [1.54, 1.807) is 24.6 Å². The molecule has 1 aromatic carbocycles. The number of nitro groups is 1. The SMILES string of the molecule is O=[N+]([O-])c1ccc(CSc2nnc(-c3ccccn3)n2Cc2ccco2)cc1. The molecule has 0 spiro atoms. The molecule has 140 valence electrons. The number of benzene rings is 1. The van der Waals surface area contributed by atoms with Crippen LogP contribution in [0.3, 0.4) is 0 Å². The third-order valence-electron chi connectivity index (χ3n) is 4.02. The monoisotopic (exact) mass is 393 g/mol. The number of furan rings is 1. The molecule has 0 aliphatic carbocycles. The van der Waals surface area contributed by atoms with E-state index in [1.165, 1.54) is 23.9 Å². The van der Waals surface area contributed by atoms with Gasteiger partial charge in [0.2, 0.25) is 0 Å². The average Bonchev–Trinajstić information content (AvgIpc) is 3.38. The molecule has 0 unspecified atom stereocenters. The Labute approximate surface area is 164 Å². The number of pyridine rings is 1. The molecule has 4 rings (SSSR count). The van der Waals surface area contributed by atoms with Crippen molar-refractivity contribution in [2.75, 3.05) is 0 Å². The molecule has 3 aromatic heterocycles. The van der Waals surface area contributed by atoms with E-state index in [9.17, 15) is 10.1 Å². The van der Waals surface area contributed by atoms with Crippen LogP contribution in [0, 0.1) is 10.1 Å². The molecule has 9 heteroatoms. The highest BCUT2D eigenvalue weighted by Crippen LogP contribution is 2.27. The normalized spacial score (nSPS) is 10.9. The fourth-order valence-electron chi connectivity index (χ4n) is 2.64. The van der Waals surface area contributed by atoms with Crippen molar-refractivity contribution in [1.82, 2.24) is 19.7 Å². The molecule has 0 atom stereocenters. The quantitative estimate of drug-likeness (QED) is 0.264. The molecular weight excluding hydrogens is 378 g/mol. The predicted octanol–water partition coefficient (Wildman–Crippen LogP) is 4.18. The van der Waals surface area contributed by atoms with Crippen LogP contribution in [0.1, 0.15) is 11.3 Å². The second kappa shape index (κ2) is 8.05. The van der Waals surface area contributed by atoms with Gasteiger partial charge in [0.05, 0.1) is 17.7 Å². The van der Waals surface area contributed by atoms with Crippen LogP contribution in [0.4, 0.5) is 5.69 Å². The van der Waals surface area contributed by atoms with Crippen molar-refractivity contribution >= 4 is 17.4 Å². The zero-order chi connectivity index (χ0) is 19.3. The minimum Gasteiger partial charge on any atom is -0.467 e. The van der Waals surface area contributed by atoms with Crippen LogP contribution >= 0.6 is 11.8 Å². The lowest BCUT2D eigenvalue weighted by Gasteiger charge is -2.08. The molecule has 0 fully saturated rings. The first-order chi connectivity index (χ1) is 13.7. The Hall–Kier alpha value is -3.46. The Morgan fingerprint density at radius 2 is 1.93 bits per heavy atom. The number of thioether (sulfide) groups is 1. The first kappa shape index (κ1) is 17.9. The first-order valence-electron chi connectivity index (χ1n) is 8.44. The van der Waals surface area contributed by atoms with Crippen LogP contribution in [-0.4, -0.2) is 24.7 Å². The van der Waals surface area contributed by atoms with Gasteiger partial charge in [-0.1, -0.05) is 30.0 Å². The Balaban J connectivity index is 1.59. The van der Waals surface area contributed by atoms with Gasteiger partial charge in [0, 0.05) is 24.1 Å². The predicted molar refractivity (Wildman–Crippen MR) is 104 cm³/mol. The van der Waals surface area contributed by atoms with Gasteiger partial charge >= 0.3 is 0 Å². The lowest BCUT2D eigenvalue weighted by Crippen LogP contribution is -2.04. The molecule has 0 amide bonds. The van der Waals surface area contributed by atoms with Gasteiger partial charge in [-0.15, -0.1) is 10.2 Å². The van der Waals surface area contributed by atoms with Crippen LogP contribution in [0.25, 0.3) is 11.5 Å². The molecule has 8 nitrogen and oxygen atoms in total. The molecule has 3 heterocycles. The van der Waals surface area contributed by atoms with Gasteiger partial charge in [-0.3, -0.25) is 19.7 Å². The zero-order valence-corrected chi connectivity index (χ0v) is 15.5. The summed E-state index contributed by atoms with van der Waals surface area (Å²) < 4.78 is 7.44. The summed E-state index contributed by atoms with van der Waals surface area (Å²) in [5, 5.41) is 20.1. The second-order valence-corrected chi connectivity index (χ2v) is 6.84. The maximum Gasteiger partial charge on any atom is 0.269 e. The molecule has 0 bridgehead atoms. The fraction of sp³-hybridized carbons (Fsp3) is 0.105. The van der Waals surface area contributed by atoms with Crippen molar-refractivity contribution in [2.45, 2.75) is 17.5 Å². The molecule has 0 saturated heterocycles. The third-order valence-corrected chi connectivity index (χ3v) is 5.06. The number of nitrogens with zero attached hydrogens (tertiary/aromatic N) is 5. The number of nitro benzene ring substituents is 1. The number of hydrogen-bond acceptors (Lipinski definition) is 7. The van der Waals surface area contributed by atoms with Crippen LogP contribution in [-0.2, 0) is 12.3 Å². The smallest absolute Gasteiger partial charge is 0.269 e. The van der Waals surface area contributed by atoms with Crippen LogP contribution in [0.5, 0.6) is 0 Å². The summed E-state index contributed by atoms with van der Waals surface area (Å²) in [6, 6.07) is 15.9. The Bertz CT molecular complexity index is 1060. The Morgan fingerprint density at radius 3 is 2.61 bits per heavy atom. The highest BCUT2D eigenvalue weighted by atomic mass is 32.2. The Kier molecular flexibility index (Phi) is 5.16. The van der Waals surface area contributed by atoms with E-state index in [1.807, 2.05) is 34.9 Å². The van der Waals surface area contributed by atoms with Gasteiger partial charge in [0.1, 0.15) is 11.5 Å². The van der Waals surface area contributed by atoms with E-state index in [-0.39, 0.29) is 5.69 Å². The van der Waals surface area contributed by atoms with Gasteiger partial charge in [-0.25, -0.2) is 0 Å². The zero-order valence-electron chi connectivity index (χ0n) is 14.6. The van der Waals surface area contributed by atoms with E-state index >= 15 is 0 Å². The van der Waals surface area contributed by atoms with E-state index in [0.29, 0.717) is 18.1 Å². The van der Waals surface area contributed by atoms with E-state index in [0.717, 1.165) is 22.2 Å². The molecule has 28 heavy (non-hydrogen) atoms. The van der Waals surface area contributed by atoms with Crippen molar-refractivity contribution < 1.29 is 9.34 Å². The maximum atomic E-state index is 10.8.